The van der Waals surface area contributed by atoms with Crippen molar-refractivity contribution >= 4 is 22.8 Å². The fourth-order valence-corrected chi connectivity index (χ4v) is 3.77. The zero-order valence-corrected chi connectivity index (χ0v) is 18.1. The number of rotatable bonds is 7. The maximum absolute atomic E-state index is 13.9. The van der Waals surface area contributed by atoms with Gasteiger partial charge in [0.15, 0.2) is 5.65 Å². The van der Waals surface area contributed by atoms with Crippen LogP contribution in [0.25, 0.3) is 22.3 Å². The van der Waals surface area contributed by atoms with Crippen molar-refractivity contribution in [1.82, 2.24) is 24.5 Å². The van der Waals surface area contributed by atoms with Crippen LogP contribution in [0.15, 0.2) is 42.5 Å². The summed E-state index contributed by atoms with van der Waals surface area (Å²) >= 11 is 0. The molecule has 0 saturated heterocycles. The Hall–Kier alpha value is -3.62. The van der Waals surface area contributed by atoms with Crippen molar-refractivity contribution in [3.8, 4) is 11.3 Å². The van der Waals surface area contributed by atoms with E-state index in [1.165, 1.54) is 10.7 Å². The van der Waals surface area contributed by atoms with E-state index in [2.05, 4.69) is 20.5 Å². The Morgan fingerprint density at radius 1 is 1.09 bits per heavy atom. The van der Waals surface area contributed by atoms with Crippen molar-refractivity contribution < 1.29 is 13.6 Å². The molecule has 1 amide bonds. The molecule has 9 heteroatoms. The van der Waals surface area contributed by atoms with Crippen LogP contribution in [-0.2, 0) is 17.9 Å². The molecule has 0 spiro atoms. The SMILES string of the molecule is CCCn1nc(C)cc1NC(=O)Cn1nc(C)c2c(C(F)F)cc(-c3ccccc3)nc21. The fourth-order valence-electron chi connectivity index (χ4n) is 3.77. The average molecular weight is 438 g/mol. The van der Waals surface area contributed by atoms with Crippen molar-refractivity contribution in [2.75, 3.05) is 5.32 Å². The van der Waals surface area contributed by atoms with E-state index in [0.29, 0.717) is 29.3 Å². The number of aryl methyl sites for hydroxylation is 3. The molecule has 3 heterocycles. The maximum Gasteiger partial charge on any atom is 0.264 e. The molecule has 0 unspecified atom stereocenters. The first-order valence-corrected chi connectivity index (χ1v) is 10.4. The molecule has 4 rings (SSSR count). The maximum atomic E-state index is 13.9. The first kappa shape index (κ1) is 21.6. The Morgan fingerprint density at radius 3 is 2.53 bits per heavy atom. The number of halogens is 2. The molecule has 0 aliphatic carbocycles. The number of pyridine rings is 1. The number of hydrogen-bond acceptors (Lipinski definition) is 4. The van der Waals surface area contributed by atoms with Gasteiger partial charge in [0, 0.05) is 23.7 Å². The number of nitrogens with one attached hydrogen (secondary N) is 1. The lowest BCUT2D eigenvalue weighted by Gasteiger charge is -2.10. The Bertz CT molecular complexity index is 1260. The Morgan fingerprint density at radius 2 is 1.84 bits per heavy atom. The Kier molecular flexibility index (Phi) is 5.98. The largest absolute Gasteiger partial charge is 0.309 e. The van der Waals surface area contributed by atoms with Gasteiger partial charge in [0.05, 0.1) is 22.5 Å². The summed E-state index contributed by atoms with van der Waals surface area (Å²) in [7, 11) is 0. The Labute approximate surface area is 184 Å². The van der Waals surface area contributed by atoms with Crippen LogP contribution in [-0.4, -0.2) is 30.5 Å². The third kappa shape index (κ3) is 4.23. The van der Waals surface area contributed by atoms with E-state index in [9.17, 15) is 13.6 Å². The van der Waals surface area contributed by atoms with Gasteiger partial charge in [-0.25, -0.2) is 23.1 Å². The molecule has 0 radical (unpaired) electrons. The molecule has 0 saturated carbocycles. The number of carbonyl (C=O) groups excluding carboxylic acids is 1. The van der Waals surface area contributed by atoms with Crippen molar-refractivity contribution in [2.24, 2.45) is 0 Å². The molecule has 0 aliphatic rings. The first-order valence-electron chi connectivity index (χ1n) is 10.4. The van der Waals surface area contributed by atoms with E-state index in [4.69, 9.17) is 0 Å². The van der Waals surface area contributed by atoms with Crippen LogP contribution in [0, 0.1) is 13.8 Å². The van der Waals surface area contributed by atoms with Gasteiger partial charge in [0.1, 0.15) is 12.4 Å². The molecule has 0 fully saturated rings. The highest BCUT2D eigenvalue weighted by Gasteiger charge is 2.22. The molecule has 0 atom stereocenters. The van der Waals surface area contributed by atoms with Gasteiger partial charge in [-0.3, -0.25) is 4.79 Å². The van der Waals surface area contributed by atoms with Gasteiger partial charge >= 0.3 is 0 Å². The molecule has 0 aliphatic heterocycles. The van der Waals surface area contributed by atoms with Crippen molar-refractivity contribution in [3.05, 3.63) is 59.4 Å². The van der Waals surface area contributed by atoms with Gasteiger partial charge in [0.25, 0.3) is 6.43 Å². The molecule has 32 heavy (non-hydrogen) atoms. The number of carbonyl (C=O) groups is 1. The summed E-state index contributed by atoms with van der Waals surface area (Å²) in [6.45, 7) is 6.04. The number of nitrogens with zero attached hydrogens (tertiary/aromatic N) is 5. The minimum atomic E-state index is -2.69. The summed E-state index contributed by atoms with van der Waals surface area (Å²) < 4.78 is 30.9. The van der Waals surface area contributed by atoms with Gasteiger partial charge in [-0.2, -0.15) is 10.2 Å². The molecule has 3 aromatic heterocycles. The van der Waals surface area contributed by atoms with E-state index in [1.807, 2.05) is 32.0 Å². The number of fused-ring (bicyclic) bond motifs is 1. The van der Waals surface area contributed by atoms with E-state index in [1.54, 1.807) is 29.8 Å². The highest BCUT2D eigenvalue weighted by atomic mass is 19.3. The summed E-state index contributed by atoms with van der Waals surface area (Å²) in [5.41, 5.74) is 2.44. The number of aromatic nitrogens is 5. The fraction of sp³-hybridized carbons (Fsp3) is 0.304. The predicted molar refractivity (Wildman–Crippen MR) is 119 cm³/mol. The molecule has 1 aromatic carbocycles. The zero-order valence-electron chi connectivity index (χ0n) is 18.1. The molecular weight excluding hydrogens is 414 g/mol. The topological polar surface area (TPSA) is 77.6 Å². The lowest BCUT2D eigenvalue weighted by Crippen LogP contribution is -2.21. The van der Waals surface area contributed by atoms with Crippen LogP contribution in [0.4, 0.5) is 14.6 Å². The van der Waals surface area contributed by atoms with Gasteiger partial charge in [0.2, 0.25) is 5.91 Å². The molecule has 0 bridgehead atoms. The summed E-state index contributed by atoms with van der Waals surface area (Å²) in [4.78, 5) is 17.4. The number of hydrogen-bond donors (Lipinski definition) is 1. The van der Waals surface area contributed by atoms with Crippen molar-refractivity contribution in [3.63, 3.8) is 0 Å². The number of amides is 1. The lowest BCUT2D eigenvalue weighted by molar-refractivity contribution is -0.116. The standard InChI is InChI=1S/C23H24F2N6O/c1-4-10-30-19(11-14(2)28-30)27-20(32)13-31-23-21(15(3)29-31)17(22(24)25)12-18(26-23)16-8-6-5-7-9-16/h5-9,11-12,22H,4,10,13H2,1-3H3,(H,27,32). The van der Waals surface area contributed by atoms with E-state index in [-0.39, 0.29) is 29.0 Å². The van der Waals surface area contributed by atoms with Gasteiger partial charge < -0.3 is 5.32 Å². The first-order chi connectivity index (χ1) is 15.4. The normalized spacial score (nSPS) is 11.4. The van der Waals surface area contributed by atoms with Gasteiger partial charge in [-0.05, 0) is 26.3 Å². The summed E-state index contributed by atoms with van der Waals surface area (Å²) in [6, 6.07) is 12.3. The second-order valence-electron chi connectivity index (χ2n) is 7.65. The minimum Gasteiger partial charge on any atom is -0.309 e. The van der Waals surface area contributed by atoms with Crippen LogP contribution < -0.4 is 5.32 Å². The van der Waals surface area contributed by atoms with Crippen molar-refractivity contribution in [2.45, 2.75) is 46.7 Å². The highest BCUT2D eigenvalue weighted by molar-refractivity contribution is 5.92. The second kappa shape index (κ2) is 8.86. The van der Waals surface area contributed by atoms with Crippen LogP contribution in [0.1, 0.15) is 36.7 Å². The van der Waals surface area contributed by atoms with E-state index >= 15 is 0 Å². The molecular formula is C23H24F2N6O. The highest BCUT2D eigenvalue weighted by Crippen LogP contribution is 2.33. The average Bonchev–Trinajstić information content (AvgIpc) is 3.26. The second-order valence-corrected chi connectivity index (χ2v) is 7.65. The molecule has 1 N–H and O–H groups in total. The van der Waals surface area contributed by atoms with E-state index in [0.717, 1.165) is 12.1 Å². The molecule has 7 nitrogen and oxygen atoms in total. The zero-order chi connectivity index (χ0) is 22.8. The van der Waals surface area contributed by atoms with E-state index < -0.39 is 6.43 Å². The van der Waals surface area contributed by atoms with Gasteiger partial charge in [-0.15, -0.1) is 0 Å². The summed E-state index contributed by atoms with van der Waals surface area (Å²) in [5, 5.41) is 11.8. The van der Waals surface area contributed by atoms with Gasteiger partial charge in [-0.1, -0.05) is 37.3 Å². The van der Waals surface area contributed by atoms with Crippen LogP contribution in [0.5, 0.6) is 0 Å². The van der Waals surface area contributed by atoms with Crippen molar-refractivity contribution in [1.29, 1.82) is 0 Å². The monoisotopic (exact) mass is 438 g/mol. The third-order valence-electron chi connectivity index (χ3n) is 5.11. The van der Waals surface area contributed by atoms with Crippen LogP contribution >= 0.6 is 0 Å². The number of anilines is 1. The molecule has 4 aromatic rings. The van der Waals surface area contributed by atoms with Crippen LogP contribution in [0.2, 0.25) is 0 Å². The Balaban J connectivity index is 1.71. The summed E-state index contributed by atoms with van der Waals surface area (Å²) in [6.07, 6.45) is -1.82. The van der Waals surface area contributed by atoms with Crippen LogP contribution in [0.3, 0.4) is 0 Å². The predicted octanol–water partition coefficient (Wildman–Crippen LogP) is 4.90. The summed E-state index contributed by atoms with van der Waals surface area (Å²) in [5.74, 6) is 0.255. The number of benzene rings is 1. The minimum absolute atomic E-state index is 0.144. The smallest absolute Gasteiger partial charge is 0.264 e. The number of alkyl halides is 2. The molecule has 166 valence electrons. The lowest BCUT2D eigenvalue weighted by atomic mass is 10.1. The third-order valence-corrected chi connectivity index (χ3v) is 5.11. The quantitative estimate of drug-likeness (QED) is 0.445.